The van der Waals surface area contributed by atoms with Crippen LogP contribution in [0.5, 0.6) is 0 Å². The molecule has 4 aromatic carbocycles. The number of anilines is 1. The molecule has 1 heterocycles. The minimum absolute atomic E-state index is 0.0384. The van der Waals surface area contributed by atoms with Crippen molar-refractivity contribution in [2.75, 3.05) is 5.32 Å². The number of unbranched alkanes of at least 4 members (excludes halogenated alkanes) is 1. The number of oxazole rings is 1. The van der Waals surface area contributed by atoms with Gasteiger partial charge in [-0.05, 0) is 59.7 Å². The third kappa shape index (κ3) is 4.88. The van der Waals surface area contributed by atoms with E-state index >= 15 is 0 Å². The predicted molar refractivity (Wildman–Crippen MR) is 140 cm³/mol. The Balaban J connectivity index is 1.26. The summed E-state index contributed by atoms with van der Waals surface area (Å²) in [5, 5.41) is 5.12. The van der Waals surface area contributed by atoms with Gasteiger partial charge in [-0.15, -0.1) is 0 Å². The number of fused-ring (bicyclic) bond motifs is 2. The molecule has 0 atom stereocenters. The lowest BCUT2D eigenvalue weighted by molar-refractivity contribution is -0.116. The van der Waals surface area contributed by atoms with Crippen LogP contribution in [0.15, 0.2) is 93.8 Å². The molecule has 5 rings (SSSR count). The van der Waals surface area contributed by atoms with Crippen molar-refractivity contribution in [2.45, 2.75) is 19.3 Å². The maximum absolute atomic E-state index is 12.4. The van der Waals surface area contributed by atoms with Crippen LogP contribution in [0, 0.1) is 11.8 Å². The number of rotatable bonds is 5. The molecule has 5 aromatic rings. The van der Waals surface area contributed by atoms with Gasteiger partial charge >= 0.3 is 0 Å². The standard InChI is InChI=1S/C29H21BrN2O2/c30-25-15-8-12-22-23(25)13-7-14-24(22)29-32-26-19-21(17-18-27(26)34-29)31-28(33)16-6-2-5-11-20-9-3-1-4-10-20/h1,3-4,7-10,12-15,17-19H,2,6,16H2,(H,31,33). The molecule has 0 bridgehead atoms. The van der Waals surface area contributed by atoms with Crippen molar-refractivity contribution in [3.05, 3.63) is 95.0 Å². The minimum Gasteiger partial charge on any atom is -0.436 e. The molecular formula is C29H21BrN2O2. The number of nitrogens with zero attached hydrogens (tertiary/aromatic N) is 1. The number of nitrogens with one attached hydrogen (secondary N) is 1. The Kier molecular flexibility index (Phi) is 6.42. The van der Waals surface area contributed by atoms with Crippen molar-refractivity contribution < 1.29 is 9.21 Å². The maximum Gasteiger partial charge on any atom is 0.227 e. The van der Waals surface area contributed by atoms with E-state index in [9.17, 15) is 4.79 Å². The van der Waals surface area contributed by atoms with Crippen LogP contribution in [0.4, 0.5) is 5.69 Å². The normalized spacial score (nSPS) is 10.7. The van der Waals surface area contributed by atoms with Crippen molar-refractivity contribution in [1.82, 2.24) is 4.98 Å². The smallest absolute Gasteiger partial charge is 0.227 e. The number of amides is 1. The second-order valence-electron chi connectivity index (χ2n) is 7.91. The van der Waals surface area contributed by atoms with Gasteiger partial charge in [0.05, 0.1) is 0 Å². The molecule has 5 heteroatoms. The lowest BCUT2D eigenvalue weighted by atomic mass is 10.0. The summed E-state index contributed by atoms with van der Waals surface area (Å²) in [6.07, 6.45) is 1.80. The van der Waals surface area contributed by atoms with E-state index in [2.05, 4.69) is 45.2 Å². The molecule has 0 unspecified atom stereocenters. The minimum atomic E-state index is -0.0384. The third-order valence-corrected chi connectivity index (χ3v) is 6.17. The van der Waals surface area contributed by atoms with E-state index in [1.807, 2.05) is 72.8 Å². The van der Waals surface area contributed by atoms with Crippen molar-refractivity contribution in [3.63, 3.8) is 0 Å². The van der Waals surface area contributed by atoms with E-state index in [1.165, 1.54) is 0 Å². The van der Waals surface area contributed by atoms with Gasteiger partial charge in [-0.2, -0.15) is 0 Å². The molecule has 34 heavy (non-hydrogen) atoms. The van der Waals surface area contributed by atoms with Gasteiger partial charge < -0.3 is 9.73 Å². The predicted octanol–water partition coefficient (Wildman–Crippen LogP) is 7.57. The zero-order chi connectivity index (χ0) is 23.3. The van der Waals surface area contributed by atoms with E-state index in [0.717, 1.165) is 26.4 Å². The van der Waals surface area contributed by atoms with Gasteiger partial charge in [0.15, 0.2) is 5.58 Å². The van der Waals surface area contributed by atoms with Gasteiger partial charge in [0.25, 0.3) is 0 Å². The number of carbonyl (C=O) groups excluding carboxylic acids is 1. The van der Waals surface area contributed by atoms with Crippen molar-refractivity contribution >= 4 is 49.4 Å². The lowest BCUT2D eigenvalue weighted by Gasteiger charge is -2.04. The van der Waals surface area contributed by atoms with Crippen LogP contribution in [-0.4, -0.2) is 10.9 Å². The van der Waals surface area contributed by atoms with Gasteiger partial charge in [0.2, 0.25) is 11.8 Å². The highest BCUT2D eigenvalue weighted by Gasteiger charge is 2.13. The first-order valence-corrected chi connectivity index (χ1v) is 11.9. The Morgan fingerprint density at radius 3 is 2.65 bits per heavy atom. The largest absolute Gasteiger partial charge is 0.436 e. The second-order valence-corrected chi connectivity index (χ2v) is 8.77. The fourth-order valence-electron chi connectivity index (χ4n) is 3.83. The van der Waals surface area contributed by atoms with Gasteiger partial charge in [0, 0.05) is 34.1 Å². The summed E-state index contributed by atoms with van der Waals surface area (Å²) in [5.74, 6) is 6.76. The Bertz CT molecular complexity index is 1540. The van der Waals surface area contributed by atoms with E-state index in [-0.39, 0.29) is 5.91 Å². The van der Waals surface area contributed by atoms with E-state index in [0.29, 0.717) is 41.9 Å². The lowest BCUT2D eigenvalue weighted by Crippen LogP contribution is -2.10. The number of hydrogen-bond donors (Lipinski definition) is 1. The summed E-state index contributed by atoms with van der Waals surface area (Å²) in [7, 11) is 0. The Hall–Kier alpha value is -3.88. The summed E-state index contributed by atoms with van der Waals surface area (Å²) in [5.41, 5.74) is 4.00. The summed E-state index contributed by atoms with van der Waals surface area (Å²) >= 11 is 3.61. The molecule has 0 aliphatic rings. The molecule has 0 saturated heterocycles. The second kappa shape index (κ2) is 9.94. The van der Waals surface area contributed by atoms with Gasteiger partial charge in [-0.1, -0.05) is 70.2 Å². The monoisotopic (exact) mass is 508 g/mol. The SMILES string of the molecule is O=C(CCCC#Cc1ccccc1)Nc1ccc2oc(-c3cccc4c(Br)cccc34)nc2c1. The quantitative estimate of drug-likeness (QED) is 0.196. The molecule has 0 saturated carbocycles. The molecule has 0 aliphatic carbocycles. The van der Waals surface area contributed by atoms with E-state index in [1.54, 1.807) is 0 Å². The number of halogens is 1. The van der Waals surface area contributed by atoms with Crippen LogP contribution >= 0.6 is 15.9 Å². The van der Waals surface area contributed by atoms with Crippen LogP contribution in [0.3, 0.4) is 0 Å². The zero-order valence-corrected chi connectivity index (χ0v) is 19.9. The van der Waals surface area contributed by atoms with E-state index < -0.39 is 0 Å². The highest BCUT2D eigenvalue weighted by molar-refractivity contribution is 9.10. The molecule has 0 spiro atoms. The van der Waals surface area contributed by atoms with Crippen LogP contribution < -0.4 is 5.32 Å². The van der Waals surface area contributed by atoms with Crippen molar-refractivity contribution in [2.24, 2.45) is 0 Å². The van der Waals surface area contributed by atoms with E-state index in [4.69, 9.17) is 9.40 Å². The molecule has 0 radical (unpaired) electrons. The molecule has 1 amide bonds. The molecule has 4 nitrogen and oxygen atoms in total. The Labute approximate surface area is 206 Å². The Morgan fingerprint density at radius 1 is 0.941 bits per heavy atom. The molecule has 1 N–H and O–H groups in total. The molecule has 0 aliphatic heterocycles. The van der Waals surface area contributed by atoms with Gasteiger partial charge in [-0.3, -0.25) is 4.79 Å². The summed E-state index contributed by atoms with van der Waals surface area (Å²) in [6, 6.07) is 27.5. The maximum atomic E-state index is 12.4. The van der Waals surface area contributed by atoms with Crippen LogP contribution in [0.1, 0.15) is 24.8 Å². The average molecular weight is 509 g/mol. The summed E-state index contributed by atoms with van der Waals surface area (Å²) < 4.78 is 7.06. The molecule has 1 aromatic heterocycles. The average Bonchev–Trinajstić information content (AvgIpc) is 3.28. The van der Waals surface area contributed by atoms with Crippen LogP contribution in [0.2, 0.25) is 0 Å². The first-order chi connectivity index (χ1) is 16.7. The topological polar surface area (TPSA) is 55.1 Å². The zero-order valence-electron chi connectivity index (χ0n) is 18.3. The van der Waals surface area contributed by atoms with Gasteiger partial charge in [0.1, 0.15) is 5.52 Å². The summed E-state index contributed by atoms with van der Waals surface area (Å²) in [6.45, 7) is 0. The summed E-state index contributed by atoms with van der Waals surface area (Å²) in [4.78, 5) is 17.1. The number of carbonyl (C=O) groups is 1. The van der Waals surface area contributed by atoms with Gasteiger partial charge in [-0.25, -0.2) is 4.98 Å². The number of hydrogen-bond acceptors (Lipinski definition) is 3. The van der Waals surface area contributed by atoms with Crippen molar-refractivity contribution in [1.29, 1.82) is 0 Å². The van der Waals surface area contributed by atoms with Crippen LogP contribution in [-0.2, 0) is 4.79 Å². The number of aromatic nitrogens is 1. The fourth-order valence-corrected chi connectivity index (χ4v) is 4.32. The fraction of sp³-hybridized carbons (Fsp3) is 0.103. The molecule has 0 fully saturated rings. The number of benzene rings is 4. The Morgan fingerprint density at radius 2 is 1.76 bits per heavy atom. The van der Waals surface area contributed by atoms with Crippen LogP contribution in [0.25, 0.3) is 33.3 Å². The molecule has 166 valence electrons. The van der Waals surface area contributed by atoms with Crippen molar-refractivity contribution in [3.8, 4) is 23.3 Å². The first-order valence-electron chi connectivity index (χ1n) is 11.1. The first kappa shape index (κ1) is 21.9. The molecular weight excluding hydrogens is 488 g/mol. The third-order valence-electron chi connectivity index (χ3n) is 5.48. The highest BCUT2D eigenvalue weighted by Crippen LogP contribution is 2.34. The highest BCUT2D eigenvalue weighted by atomic mass is 79.9.